The summed E-state index contributed by atoms with van der Waals surface area (Å²) in [7, 11) is 0. The summed E-state index contributed by atoms with van der Waals surface area (Å²) < 4.78 is 13.7. The van der Waals surface area contributed by atoms with Gasteiger partial charge in [-0.3, -0.25) is 4.57 Å². The van der Waals surface area contributed by atoms with Crippen molar-refractivity contribution in [1.82, 2.24) is 19.5 Å². The van der Waals surface area contributed by atoms with Crippen molar-refractivity contribution in [2.45, 2.75) is 57.6 Å². The largest absolute Gasteiger partial charge is 0.463 e. The number of anilines is 1. The number of hydrogen-bond acceptors (Lipinski definition) is 6. The van der Waals surface area contributed by atoms with Crippen LogP contribution >= 0.6 is 0 Å². The van der Waals surface area contributed by atoms with Crippen molar-refractivity contribution >= 4 is 17.0 Å². The van der Waals surface area contributed by atoms with Crippen molar-refractivity contribution in [3.05, 3.63) is 6.33 Å². The molecular formula is C17H25N5O2. The molecular weight excluding hydrogens is 306 g/mol. The first-order valence-electron chi connectivity index (χ1n) is 9.06. The molecule has 130 valence electrons. The molecule has 3 heterocycles. The fourth-order valence-corrected chi connectivity index (χ4v) is 3.68. The zero-order chi connectivity index (χ0) is 16.4. The van der Waals surface area contributed by atoms with E-state index in [1.54, 1.807) is 6.33 Å². The van der Waals surface area contributed by atoms with E-state index in [4.69, 9.17) is 15.2 Å². The highest BCUT2D eigenvalue weighted by atomic mass is 16.5. The molecule has 1 aliphatic carbocycles. The first kappa shape index (κ1) is 15.6. The van der Waals surface area contributed by atoms with E-state index >= 15 is 0 Å². The van der Waals surface area contributed by atoms with Gasteiger partial charge < -0.3 is 15.2 Å². The molecule has 1 saturated heterocycles. The monoisotopic (exact) mass is 331 g/mol. The SMILES string of the molecule is Nc1nc(OCC2CCCCC2)nc2c1ncn2C1CCCCO1. The summed E-state index contributed by atoms with van der Waals surface area (Å²) in [4.78, 5) is 13.2. The zero-order valence-corrected chi connectivity index (χ0v) is 14.0. The van der Waals surface area contributed by atoms with Crippen LogP contribution < -0.4 is 10.5 Å². The molecule has 1 saturated carbocycles. The van der Waals surface area contributed by atoms with Gasteiger partial charge in [0.25, 0.3) is 0 Å². The second-order valence-corrected chi connectivity index (χ2v) is 6.85. The summed E-state index contributed by atoms with van der Waals surface area (Å²) in [5, 5.41) is 0. The first-order chi connectivity index (χ1) is 11.8. The van der Waals surface area contributed by atoms with Crippen molar-refractivity contribution in [3.8, 4) is 6.01 Å². The van der Waals surface area contributed by atoms with E-state index in [2.05, 4.69) is 15.0 Å². The lowest BCUT2D eigenvalue weighted by Gasteiger charge is -2.24. The third-order valence-electron chi connectivity index (χ3n) is 5.07. The van der Waals surface area contributed by atoms with E-state index in [1.165, 1.54) is 32.1 Å². The number of hydrogen-bond donors (Lipinski definition) is 1. The third kappa shape index (κ3) is 3.17. The molecule has 24 heavy (non-hydrogen) atoms. The van der Waals surface area contributed by atoms with Gasteiger partial charge in [0.05, 0.1) is 12.9 Å². The van der Waals surface area contributed by atoms with Crippen molar-refractivity contribution in [3.63, 3.8) is 0 Å². The second kappa shape index (κ2) is 6.93. The van der Waals surface area contributed by atoms with Crippen LogP contribution in [-0.2, 0) is 4.74 Å². The summed E-state index contributed by atoms with van der Waals surface area (Å²) in [5.41, 5.74) is 7.38. The number of nitrogen functional groups attached to an aromatic ring is 1. The van der Waals surface area contributed by atoms with Gasteiger partial charge in [-0.15, -0.1) is 0 Å². The Kier molecular flexibility index (Phi) is 4.51. The Morgan fingerprint density at radius 2 is 1.96 bits per heavy atom. The Labute approximate surface area is 141 Å². The number of fused-ring (bicyclic) bond motifs is 1. The second-order valence-electron chi connectivity index (χ2n) is 6.85. The molecule has 1 atom stereocenters. The molecule has 2 aromatic heterocycles. The van der Waals surface area contributed by atoms with Crippen LogP contribution in [0.2, 0.25) is 0 Å². The molecule has 7 nitrogen and oxygen atoms in total. The molecule has 7 heteroatoms. The normalized spacial score (nSPS) is 22.8. The lowest BCUT2D eigenvalue weighted by Crippen LogP contribution is -2.18. The van der Waals surface area contributed by atoms with Gasteiger partial charge in [-0.05, 0) is 38.0 Å². The maximum absolute atomic E-state index is 6.06. The van der Waals surface area contributed by atoms with Gasteiger partial charge in [0, 0.05) is 6.61 Å². The molecule has 2 fully saturated rings. The van der Waals surface area contributed by atoms with Crippen LogP contribution in [-0.4, -0.2) is 32.7 Å². The minimum absolute atomic E-state index is 0.0238. The number of nitrogens with two attached hydrogens (primary N) is 1. The van der Waals surface area contributed by atoms with Gasteiger partial charge in [-0.25, -0.2) is 4.98 Å². The number of aromatic nitrogens is 4. The van der Waals surface area contributed by atoms with E-state index < -0.39 is 0 Å². The van der Waals surface area contributed by atoms with Crippen LogP contribution in [0.1, 0.15) is 57.6 Å². The van der Waals surface area contributed by atoms with E-state index in [-0.39, 0.29) is 6.23 Å². The molecule has 1 unspecified atom stereocenters. The molecule has 1 aliphatic heterocycles. The molecule has 2 aromatic rings. The summed E-state index contributed by atoms with van der Waals surface area (Å²) in [6, 6.07) is 0.350. The Morgan fingerprint density at radius 1 is 1.12 bits per heavy atom. The minimum atomic E-state index is -0.0238. The van der Waals surface area contributed by atoms with Gasteiger partial charge in [-0.2, -0.15) is 9.97 Å². The van der Waals surface area contributed by atoms with E-state index in [0.29, 0.717) is 35.5 Å². The quantitative estimate of drug-likeness (QED) is 0.926. The maximum atomic E-state index is 6.06. The molecule has 2 N–H and O–H groups in total. The Balaban J connectivity index is 1.55. The minimum Gasteiger partial charge on any atom is -0.463 e. The van der Waals surface area contributed by atoms with Gasteiger partial charge in [0.15, 0.2) is 17.0 Å². The highest BCUT2D eigenvalue weighted by Crippen LogP contribution is 2.28. The van der Waals surface area contributed by atoms with Gasteiger partial charge >= 0.3 is 6.01 Å². The highest BCUT2D eigenvalue weighted by molar-refractivity contribution is 5.81. The summed E-state index contributed by atoms with van der Waals surface area (Å²) >= 11 is 0. The number of rotatable bonds is 4. The number of ether oxygens (including phenoxy) is 2. The first-order valence-corrected chi connectivity index (χ1v) is 9.06. The van der Waals surface area contributed by atoms with Crippen LogP contribution in [0.5, 0.6) is 6.01 Å². The van der Waals surface area contributed by atoms with Gasteiger partial charge in [0.2, 0.25) is 0 Å². The summed E-state index contributed by atoms with van der Waals surface area (Å²) in [5.74, 6) is 0.971. The molecule has 4 rings (SSSR count). The van der Waals surface area contributed by atoms with Crippen LogP contribution in [0.25, 0.3) is 11.2 Å². The zero-order valence-electron chi connectivity index (χ0n) is 14.0. The van der Waals surface area contributed by atoms with Crippen molar-refractivity contribution in [2.24, 2.45) is 5.92 Å². The lowest BCUT2D eigenvalue weighted by atomic mass is 9.90. The Bertz CT molecular complexity index is 690. The predicted molar refractivity (Wildman–Crippen MR) is 90.6 cm³/mol. The lowest BCUT2D eigenvalue weighted by molar-refractivity contribution is -0.0298. The number of nitrogens with zero attached hydrogens (tertiary/aromatic N) is 4. The smallest absolute Gasteiger partial charge is 0.320 e. The van der Waals surface area contributed by atoms with Crippen LogP contribution in [0.3, 0.4) is 0 Å². The molecule has 2 aliphatic rings. The van der Waals surface area contributed by atoms with Gasteiger partial charge in [0.1, 0.15) is 6.23 Å². The predicted octanol–water partition coefficient (Wildman–Crippen LogP) is 3.07. The highest BCUT2D eigenvalue weighted by Gasteiger charge is 2.21. The third-order valence-corrected chi connectivity index (χ3v) is 5.07. The topological polar surface area (TPSA) is 88.1 Å². The molecule has 0 amide bonds. The summed E-state index contributed by atoms with van der Waals surface area (Å²) in [6.45, 7) is 1.44. The fourth-order valence-electron chi connectivity index (χ4n) is 3.68. The van der Waals surface area contributed by atoms with Crippen LogP contribution in [0.15, 0.2) is 6.33 Å². The van der Waals surface area contributed by atoms with E-state index in [0.717, 1.165) is 25.9 Å². The van der Waals surface area contributed by atoms with Crippen LogP contribution in [0.4, 0.5) is 5.82 Å². The maximum Gasteiger partial charge on any atom is 0.320 e. The number of imidazole rings is 1. The standard InChI is InChI=1S/C17H25N5O2/c18-15-14-16(22(11-19-14)13-8-4-5-9-23-13)21-17(20-15)24-10-12-6-2-1-3-7-12/h11-13H,1-10H2,(H2,18,20,21). The Hall–Kier alpha value is -1.89. The van der Waals surface area contributed by atoms with Gasteiger partial charge in [-0.1, -0.05) is 19.3 Å². The Morgan fingerprint density at radius 3 is 2.75 bits per heavy atom. The van der Waals surface area contributed by atoms with Crippen molar-refractivity contribution in [2.75, 3.05) is 18.9 Å². The van der Waals surface area contributed by atoms with Crippen molar-refractivity contribution < 1.29 is 9.47 Å². The molecule has 0 bridgehead atoms. The summed E-state index contributed by atoms with van der Waals surface area (Å²) in [6.07, 6.45) is 11.3. The van der Waals surface area contributed by atoms with Crippen LogP contribution in [0, 0.1) is 5.92 Å². The van der Waals surface area contributed by atoms with Crippen molar-refractivity contribution in [1.29, 1.82) is 0 Å². The van der Waals surface area contributed by atoms with E-state index in [9.17, 15) is 0 Å². The average Bonchev–Trinajstić information content (AvgIpc) is 3.06. The molecule has 0 radical (unpaired) electrons. The molecule has 0 aromatic carbocycles. The average molecular weight is 331 g/mol. The van der Waals surface area contributed by atoms with E-state index in [1.807, 2.05) is 4.57 Å². The fraction of sp³-hybridized carbons (Fsp3) is 0.706. The molecule has 0 spiro atoms.